The molecule has 26 heavy (non-hydrogen) atoms. The molecule has 3 rings (SSSR count). The molecular formula is C21H27N3O2. The fraction of sp³-hybridized carbons (Fsp3) is 0.381. The highest BCUT2D eigenvalue weighted by atomic mass is 16.5. The standard InChI is InChI=1S/C21H27N3O2/c1-25-12-13-26-18-9-4-6-16(14-18)15-23-21(22)24-20-11-5-8-17-7-2-3-10-19(17)20/h4-6,8-9,11,14H,2-3,7,10,12-13,15H2,1H3,(H3,22,23,24). The average Bonchev–Trinajstić information content (AvgIpc) is 2.67. The third kappa shape index (κ3) is 4.99. The van der Waals surface area contributed by atoms with Gasteiger partial charge in [0.15, 0.2) is 5.96 Å². The molecule has 0 spiro atoms. The molecule has 0 unspecified atom stereocenters. The van der Waals surface area contributed by atoms with E-state index in [-0.39, 0.29) is 0 Å². The van der Waals surface area contributed by atoms with Crippen molar-refractivity contribution in [2.75, 3.05) is 25.6 Å². The number of hydrogen-bond donors (Lipinski definition) is 2. The second-order valence-corrected chi connectivity index (χ2v) is 6.47. The maximum atomic E-state index is 6.11. The summed E-state index contributed by atoms with van der Waals surface area (Å²) in [4.78, 5) is 4.48. The largest absolute Gasteiger partial charge is 0.491 e. The number of anilines is 1. The van der Waals surface area contributed by atoms with Crippen molar-refractivity contribution in [3.05, 3.63) is 59.2 Å². The first-order valence-corrected chi connectivity index (χ1v) is 9.14. The van der Waals surface area contributed by atoms with Crippen LogP contribution in [0.3, 0.4) is 0 Å². The SMILES string of the molecule is COCCOc1cccc(CN=C(N)Nc2cccc3c2CCCC3)c1. The third-order valence-corrected chi connectivity index (χ3v) is 4.55. The van der Waals surface area contributed by atoms with Crippen molar-refractivity contribution < 1.29 is 9.47 Å². The summed E-state index contributed by atoms with van der Waals surface area (Å²) in [5, 5.41) is 3.28. The van der Waals surface area contributed by atoms with Gasteiger partial charge < -0.3 is 20.5 Å². The van der Waals surface area contributed by atoms with Crippen LogP contribution in [0.4, 0.5) is 5.69 Å². The molecule has 2 aromatic carbocycles. The van der Waals surface area contributed by atoms with E-state index in [0.29, 0.717) is 25.7 Å². The van der Waals surface area contributed by atoms with Gasteiger partial charge >= 0.3 is 0 Å². The number of nitrogens with zero attached hydrogens (tertiary/aromatic N) is 1. The minimum absolute atomic E-state index is 0.440. The van der Waals surface area contributed by atoms with Crippen molar-refractivity contribution in [3.63, 3.8) is 0 Å². The van der Waals surface area contributed by atoms with Crippen molar-refractivity contribution in [2.45, 2.75) is 32.2 Å². The fourth-order valence-electron chi connectivity index (χ4n) is 3.23. The van der Waals surface area contributed by atoms with Crippen LogP contribution in [0.2, 0.25) is 0 Å². The zero-order chi connectivity index (χ0) is 18.2. The van der Waals surface area contributed by atoms with E-state index in [1.807, 2.05) is 24.3 Å². The second-order valence-electron chi connectivity index (χ2n) is 6.47. The third-order valence-electron chi connectivity index (χ3n) is 4.55. The first-order valence-electron chi connectivity index (χ1n) is 9.14. The predicted octanol–water partition coefficient (Wildman–Crippen LogP) is 3.52. The number of aliphatic imine (C=N–C) groups is 1. The van der Waals surface area contributed by atoms with Crippen LogP contribution in [-0.2, 0) is 24.1 Å². The van der Waals surface area contributed by atoms with E-state index in [0.717, 1.165) is 29.8 Å². The highest BCUT2D eigenvalue weighted by molar-refractivity contribution is 5.93. The monoisotopic (exact) mass is 353 g/mol. The highest BCUT2D eigenvalue weighted by Crippen LogP contribution is 2.27. The number of guanidine groups is 1. The molecule has 1 aliphatic carbocycles. The fourth-order valence-corrected chi connectivity index (χ4v) is 3.23. The molecule has 0 radical (unpaired) electrons. The number of rotatable bonds is 7. The molecule has 0 heterocycles. The van der Waals surface area contributed by atoms with E-state index >= 15 is 0 Å². The van der Waals surface area contributed by atoms with Gasteiger partial charge in [-0.15, -0.1) is 0 Å². The molecule has 0 amide bonds. The van der Waals surface area contributed by atoms with Crippen LogP contribution in [0.5, 0.6) is 5.75 Å². The van der Waals surface area contributed by atoms with Gasteiger partial charge in [-0.25, -0.2) is 4.99 Å². The van der Waals surface area contributed by atoms with Gasteiger partial charge in [-0.1, -0.05) is 24.3 Å². The summed E-state index contributed by atoms with van der Waals surface area (Å²) in [7, 11) is 1.66. The number of ether oxygens (including phenoxy) is 2. The lowest BCUT2D eigenvalue weighted by Crippen LogP contribution is -2.24. The van der Waals surface area contributed by atoms with Crippen LogP contribution in [-0.4, -0.2) is 26.3 Å². The quantitative estimate of drug-likeness (QED) is 0.454. The van der Waals surface area contributed by atoms with E-state index < -0.39 is 0 Å². The first kappa shape index (κ1) is 18.3. The van der Waals surface area contributed by atoms with Gasteiger partial charge in [-0.2, -0.15) is 0 Å². The zero-order valence-electron chi connectivity index (χ0n) is 15.3. The lowest BCUT2D eigenvalue weighted by atomic mass is 9.90. The Balaban J connectivity index is 1.61. The van der Waals surface area contributed by atoms with Crippen molar-refractivity contribution in [2.24, 2.45) is 10.7 Å². The maximum absolute atomic E-state index is 6.11. The highest BCUT2D eigenvalue weighted by Gasteiger charge is 2.13. The normalized spacial score (nSPS) is 14.0. The summed E-state index contributed by atoms with van der Waals surface area (Å²) < 4.78 is 10.6. The lowest BCUT2D eigenvalue weighted by Gasteiger charge is -2.19. The van der Waals surface area contributed by atoms with Crippen molar-refractivity contribution in [1.29, 1.82) is 0 Å². The predicted molar refractivity (Wildman–Crippen MR) is 106 cm³/mol. The van der Waals surface area contributed by atoms with Crippen molar-refractivity contribution >= 4 is 11.6 Å². The molecule has 0 fully saturated rings. The van der Waals surface area contributed by atoms with E-state index in [4.69, 9.17) is 15.2 Å². The number of fused-ring (bicyclic) bond motifs is 1. The van der Waals surface area contributed by atoms with E-state index in [1.54, 1.807) is 7.11 Å². The van der Waals surface area contributed by atoms with Gasteiger partial charge in [0.05, 0.1) is 13.2 Å². The summed E-state index contributed by atoms with van der Waals surface area (Å²) in [6.45, 7) is 1.61. The van der Waals surface area contributed by atoms with Gasteiger partial charge in [0, 0.05) is 12.8 Å². The molecular weight excluding hydrogens is 326 g/mol. The second kappa shape index (κ2) is 9.25. The van der Waals surface area contributed by atoms with Crippen molar-refractivity contribution in [3.8, 4) is 5.75 Å². The molecule has 0 saturated carbocycles. The Labute approximate surface area is 155 Å². The first-order chi connectivity index (χ1) is 12.8. The topological polar surface area (TPSA) is 68.9 Å². The summed E-state index contributed by atoms with van der Waals surface area (Å²) in [6, 6.07) is 14.3. The molecule has 2 aromatic rings. The van der Waals surface area contributed by atoms with E-state index in [2.05, 4.69) is 28.5 Å². The number of hydrogen-bond acceptors (Lipinski definition) is 3. The van der Waals surface area contributed by atoms with Crippen LogP contribution < -0.4 is 15.8 Å². The summed E-state index contributed by atoms with van der Waals surface area (Å²) in [5.74, 6) is 1.26. The molecule has 5 heteroatoms. The Hall–Kier alpha value is -2.53. The molecule has 5 nitrogen and oxygen atoms in total. The van der Waals surface area contributed by atoms with Crippen LogP contribution >= 0.6 is 0 Å². The van der Waals surface area contributed by atoms with E-state index in [1.165, 1.54) is 24.0 Å². The lowest BCUT2D eigenvalue weighted by molar-refractivity contribution is 0.146. The van der Waals surface area contributed by atoms with Crippen LogP contribution in [0, 0.1) is 0 Å². The number of benzene rings is 2. The van der Waals surface area contributed by atoms with Gasteiger partial charge in [-0.05, 0) is 60.6 Å². The summed E-state index contributed by atoms with van der Waals surface area (Å²) >= 11 is 0. The molecule has 0 saturated heterocycles. The smallest absolute Gasteiger partial charge is 0.193 e. The van der Waals surface area contributed by atoms with Crippen LogP contribution in [0.25, 0.3) is 0 Å². The van der Waals surface area contributed by atoms with Crippen molar-refractivity contribution in [1.82, 2.24) is 0 Å². The molecule has 0 atom stereocenters. The Morgan fingerprint density at radius 2 is 1.96 bits per heavy atom. The van der Waals surface area contributed by atoms with Gasteiger partial charge in [-0.3, -0.25) is 0 Å². The minimum Gasteiger partial charge on any atom is -0.491 e. The number of nitrogens with one attached hydrogen (secondary N) is 1. The Bertz CT molecular complexity index is 759. The molecule has 0 bridgehead atoms. The molecule has 1 aliphatic rings. The minimum atomic E-state index is 0.440. The number of methoxy groups -OCH3 is 1. The Morgan fingerprint density at radius 3 is 2.85 bits per heavy atom. The Kier molecular flexibility index (Phi) is 6.50. The molecule has 138 valence electrons. The molecule has 0 aromatic heterocycles. The van der Waals surface area contributed by atoms with Gasteiger partial charge in [0.1, 0.15) is 12.4 Å². The zero-order valence-corrected chi connectivity index (χ0v) is 15.3. The van der Waals surface area contributed by atoms with Gasteiger partial charge in [0.25, 0.3) is 0 Å². The summed E-state index contributed by atoms with van der Waals surface area (Å²) in [5.41, 5.74) is 11.1. The van der Waals surface area contributed by atoms with Crippen LogP contribution in [0.1, 0.15) is 29.5 Å². The Morgan fingerprint density at radius 1 is 1.12 bits per heavy atom. The number of nitrogens with two attached hydrogens (primary N) is 1. The average molecular weight is 353 g/mol. The molecule has 3 N–H and O–H groups in total. The maximum Gasteiger partial charge on any atom is 0.193 e. The van der Waals surface area contributed by atoms with E-state index in [9.17, 15) is 0 Å². The van der Waals surface area contributed by atoms with Crippen LogP contribution in [0.15, 0.2) is 47.5 Å². The molecule has 0 aliphatic heterocycles. The summed E-state index contributed by atoms with van der Waals surface area (Å²) in [6.07, 6.45) is 4.76. The number of aryl methyl sites for hydroxylation is 1. The van der Waals surface area contributed by atoms with Gasteiger partial charge in [0.2, 0.25) is 0 Å².